The van der Waals surface area contributed by atoms with E-state index in [4.69, 9.17) is 4.74 Å². The predicted octanol–water partition coefficient (Wildman–Crippen LogP) is 5.33. The summed E-state index contributed by atoms with van der Waals surface area (Å²) < 4.78 is 5.48. The molecule has 0 aliphatic heterocycles. The molecule has 142 valence electrons. The number of rotatable bonds is 2. The van der Waals surface area contributed by atoms with E-state index in [1.54, 1.807) is 12.7 Å². The van der Waals surface area contributed by atoms with Crippen LogP contribution in [-0.2, 0) is 6.42 Å². The van der Waals surface area contributed by atoms with E-state index < -0.39 is 0 Å². The molecule has 4 aliphatic rings. The van der Waals surface area contributed by atoms with Gasteiger partial charge in [-0.15, -0.1) is 0 Å². The van der Waals surface area contributed by atoms with Crippen molar-refractivity contribution in [1.82, 2.24) is 0 Å². The zero-order chi connectivity index (χ0) is 18.3. The van der Waals surface area contributed by atoms with Crippen molar-refractivity contribution in [2.75, 3.05) is 7.11 Å². The number of ether oxygens (including phenoxy) is 1. The number of fused-ring (bicyclic) bond motifs is 3. The maximum atomic E-state index is 10.9. The predicted molar refractivity (Wildman–Crippen MR) is 104 cm³/mol. The molecule has 0 radical (unpaired) electrons. The first-order chi connectivity index (χ1) is 12.4. The summed E-state index contributed by atoms with van der Waals surface area (Å²) in [6.45, 7) is 7.08. The Bertz CT molecular complexity index is 740. The van der Waals surface area contributed by atoms with Gasteiger partial charge in [0.1, 0.15) is 5.75 Å². The third-order valence-corrected chi connectivity index (χ3v) is 10.0. The summed E-state index contributed by atoms with van der Waals surface area (Å²) in [5.41, 5.74) is 4.05. The van der Waals surface area contributed by atoms with E-state index >= 15 is 0 Å². The van der Waals surface area contributed by atoms with Gasteiger partial charge in [0, 0.05) is 5.41 Å². The van der Waals surface area contributed by atoms with Crippen molar-refractivity contribution in [3.63, 3.8) is 0 Å². The van der Waals surface area contributed by atoms with Crippen LogP contribution in [0, 0.1) is 28.1 Å². The van der Waals surface area contributed by atoms with Crippen LogP contribution < -0.4 is 4.74 Å². The van der Waals surface area contributed by atoms with Crippen molar-refractivity contribution in [1.29, 1.82) is 0 Å². The Kier molecular flexibility index (Phi) is 3.47. The minimum atomic E-state index is -0.177. The molecule has 0 saturated heterocycles. The van der Waals surface area contributed by atoms with E-state index in [1.165, 1.54) is 50.5 Å². The summed E-state index contributed by atoms with van der Waals surface area (Å²) in [6.07, 6.45) is 8.83. The smallest absolute Gasteiger partial charge is 0.119 e. The van der Waals surface area contributed by atoms with Gasteiger partial charge in [0.05, 0.1) is 13.2 Å². The number of benzene rings is 1. The van der Waals surface area contributed by atoms with Gasteiger partial charge in [-0.3, -0.25) is 0 Å². The molecular formula is C24H34O2. The second kappa shape index (κ2) is 5.28. The van der Waals surface area contributed by atoms with Crippen LogP contribution in [0.4, 0.5) is 0 Å². The number of aryl methyl sites for hydroxylation is 1. The third-order valence-electron chi connectivity index (χ3n) is 10.0. The highest BCUT2D eigenvalue weighted by atomic mass is 16.5. The number of hydrogen-bond donors (Lipinski definition) is 1. The van der Waals surface area contributed by atoms with Gasteiger partial charge in [0.2, 0.25) is 0 Å². The van der Waals surface area contributed by atoms with E-state index in [0.29, 0.717) is 22.7 Å². The maximum absolute atomic E-state index is 10.9. The summed E-state index contributed by atoms with van der Waals surface area (Å²) in [6, 6.07) is 6.81. The molecule has 0 amide bonds. The summed E-state index contributed by atoms with van der Waals surface area (Å²) in [7, 11) is 1.77. The summed E-state index contributed by atoms with van der Waals surface area (Å²) in [4.78, 5) is 0. The molecule has 2 unspecified atom stereocenters. The van der Waals surface area contributed by atoms with Crippen molar-refractivity contribution in [3.8, 4) is 5.75 Å². The second-order valence-electron chi connectivity index (χ2n) is 10.2. The molecule has 7 atom stereocenters. The minimum absolute atomic E-state index is 0.151. The molecule has 1 aromatic rings. The zero-order valence-corrected chi connectivity index (χ0v) is 16.8. The molecule has 4 aliphatic carbocycles. The van der Waals surface area contributed by atoms with Crippen LogP contribution >= 0.6 is 0 Å². The van der Waals surface area contributed by atoms with Gasteiger partial charge in [0.15, 0.2) is 0 Å². The van der Waals surface area contributed by atoms with E-state index in [1.807, 2.05) is 0 Å². The third kappa shape index (κ3) is 1.69. The van der Waals surface area contributed by atoms with Crippen LogP contribution in [0.15, 0.2) is 18.2 Å². The van der Waals surface area contributed by atoms with Gasteiger partial charge in [-0.1, -0.05) is 19.9 Å². The van der Waals surface area contributed by atoms with Crippen molar-refractivity contribution < 1.29 is 9.84 Å². The Morgan fingerprint density at radius 2 is 2.00 bits per heavy atom. The van der Waals surface area contributed by atoms with Gasteiger partial charge >= 0.3 is 0 Å². The van der Waals surface area contributed by atoms with E-state index in [0.717, 1.165) is 11.7 Å². The van der Waals surface area contributed by atoms with Crippen molar-refractivity contribution >= 4 is 0 Å². The lowest BCUT2D eigenvalue weighted by atomic mass is 9.46. The zero-order valence-electron chi connectivity index (χ0n) is 16.8. The average molecular weight is 355 g/mol. The molecule has 0 heterocycles. The number of hydrogen-bond acceptors (Lipinski definition) is 2. The molecule has 1 aromatic carbocycles. The highest BCUT2D eigenvalue weighted by Crippen LogP contribution is 2.82. The Labute approximate surface area is 158 Å². The van der Waals surface area contributed by atoms with Gasteiger partial charge < -0.3 is 9.84 Å². The van der Waals surface area contributed by atoms with Crippen LogP contribution in [-0.4, -0.2) is 18.3 Å². The van der Waals surface area contributed by atoms with Crippen LogP contribution in [0.25, 0.3) is 0 Å². The van der Waals surface area contributed by atoms with Crippen molar-refractivity contribution in [3.05, 3.63) is 29.3 Å². The number of aliphatic hydroxyl groups is 1. The van der Waals surface area contributed by atoms with Crippen LogP contribution in [0.2, 0.25) is 0 Å². The van der Waals surface area contributed by atoms with E-state index in [2.05, 4.69) is 39.0 Å². The van der Waals surface area contributed by atoms with Gasteiger partial charge in [-0.25, -0.2) is 0 Å². The first-order valence-corrected chi connectivity index (χ1v) is 10.7. The van der Waals surface area contributed by atoms with Gasteiger partial charge in [-0.2, -0.15) is 0 Å². The monoisotopic (exact) mass is 354 g/mol. The molecule has 3 fully saturated rings. The SMILES string of the molecule is COc1ccc2c(c1)CC[C@@H]1[C@@H]2CC[C@@]2(C)C13CC[C@]2(C(C)O)[C@H](C)C3. The Morgan fingerprint density at radius 1 is 1.19 bits per heavy atom. The first-order valence-electron chi connectivity index (χ1n) is 10.7. The van der Waals surface area contributed by atoms with E-state index in [-0.39, 0.29) is 11.5 Å². The highest BCUT2D eigenvalue weighted by Gasteiger charge is 2.76. The van der Waals surface area contributed by atoms with Crippen LogP contribution in [0.3, 0.4) is 0 Å². The lowest BCUT2D eigenvalue weighted by Gasteiger charge is -2.58. The van der Waals surface area contributed by atoms with Crippen LogP contribution in [0.1, 0.15) is 76.3 Å². The standard InChI is InChI=1S/C24H34O2/c1-15-14-23-11-12-24(15,16(2)25)22(23,3)10-9-20-19-7-6-18(26-4)13-17(19)5-8-21(20)23/h6-7,13,15-16,20-21,25H,5,8-12,14H2,1-4H3/t15-,16?,20-,21-,22+,23?,24-/m1/s1. The van der Waals surface area contributed by atoms with Gasteiger partial charge in [-0.05, 0) is 104 Å². The summed E-state index contributed by atoms with van der Waals surface area (Å²) in [5.74, 6) is 3.17. The van der Waals surface area contributed by atoms with Crippen molar-refractivity contribution in [2.45, 2.75) is 77.7 Å². The normalized spacial score (nSPS) is 47.0. The fourth-order valence-corrected chi connectivity index (χ4v) is 9.08. The minimum Gasteiger partial charge on any atom is -0.497 e. The largest absolute Gasteiger partial charge is 0.497 e. The average Bonchev–Trinajstić information content (AvgIpc) is 3.02. The molecule has 0 aromatic heterocycles. The number of methoxy groups -OCH3 is 1. The number of aliphatic hydroxyl groups excluding tert-OH is 1. The van der Waals surface area contributed by atoms with E-state index in [9.17, 15) is 5.11 Å². The molecule has 26 heavy (non-hydrogen) atoms. The van der Waals surface area contributed by atoms with Crippen LogP contribution in [0.5, 0.6) is 5.75 Å². The summed E-state index contributed by atoms with van der Waals surface area (Å²) in [5, 5.41) is 10.9. The lowest BCUT2D eigenvalue weighted by molar-refractivity contribution is -0.101. The molecule has 1 N–H and O–H groups in total. The molecule has 3 saturated carbocycles. The fourth-order valence-electron chi connectivity index (χ4n) is 9.08. The topological polar surface area (TPSA) is 29.5 Å². The van der Waals surface area contributed by atoms with Crippen molar-refractivity contribution in [2.24, 2.45) is 28.1 Å². The van der Waals surface area contributed by atoms with Gasteiger partial charge in [0.25, 0.3) is 0 Å². The Hall–Kier alpha value is -1.02. The lowest BCUT2D eigenvalue weighted by Crippen LogP contribution is -2.52. The second-order valence-corrected chi connectivity index (χ2v) is 10.2. The Morgan fingerprint density at radius 3 is 2.69 bits per heavy atom. The molecule has 2 heteroatoms. The fraction of sp³-hybridized carbons (Fsp3) is 0.750. The molecule has 0 spiro atoms. The molecular weight excluding hydrogens is 320 g/mol. The molecule has 2 bridgehead atoms. The quantitative estimate of drug-likeness (QED) is 0.778. The summed E-state index contributed by atoms with van der Waals surface area (Å²) >= 11 is 0. The Balaban J connectivity index is 1.59. The molecule has 2 nitrogen and oxygen atoms in total. The highest BCUT2D eigenvalue weighted by molar-refractivity contribution is 5.42. The first kappa shape index (κ1) is 17.1. The maximum Gasteiger partial charge on any atom is 0.119 e. The molecule has 5 rings (SSSR count).